The van der Waals surface area contributed by atoms with Gasteiger partial charge in [-0.2, -0.15) is 0 Å². The summed E-state index contributed by atoms with van der Waals surface area (Å²) >= 11 is 3.31. The Morgan fingerprint density at radius 1 is 1.37 bits per heavy atom. The zero-order valence-corrected chi connectivity index (χ0v) is 11.8. The molecule has 0 heterocycles. The summed E-state index contributed by atoms with van der Waals surface area (Å²) in [6.45, 7) is 3.45. The third-order valence-electron chi connectivity index (χ3n) is 2.31. The van der Waals surface area contributed by atoms with E-state index in [-0.39, 0.29) is 6.42 Å². The largest absolute Gasteiger partial charge is 0.480 e. The van der Waals surface area contributed by atoms with E-state index in [9.17, 15) is 9.59 Å². The Morgan fingerprint density at radius 3 is 2.53 bits per heavy atom. The lowest BCUT2D eigenvalue weighted by Crippen LogP contribution is -2.39. The Labute approximate surface area is 120 Å². The molecule has 2 N–H and O–H groups in total. The maximum atomic E-state index is 11.6. The first-order valence-corrected chi connectivity index (χ1v) is 6.40. The van der Waals surface area contributed by atoms with Gasteiger partial charge in [-0.25, -0.2) is 4.79 Å². The smallest absolute Gasteiger partial charge is 0.326 e. The minimum absolute atomic E-state index is 0.188. The molecule has 1 aromatic carbocycles. The monoisotopic (exact) mass is 323 g/mol. The number of benzene rings is 1. The molecule has 0 saturated carbocycles. The topological polar surface area (TPSA) is 66.4 Å². The number of carboxylic acids is 1. The SMILES string of the molecule is C=CCC(NC(=O)/C=C/c1ccc(Br)cc1)C(=O)O. The first-order chi connectivity index (χ1) is 9.02. The molecule has 0 spiro atoms. The van der Waals surface area contributed by atoms with Crippen LogP contribution in [0, 0.1) is 0 Å². The Morgan fingerprint density at radius 2 is 2.00 bits per heavy atom. The highest BCUT2D eigenvalue weighted by atomic mass is 79.9. The first kappa shape index (κ1) is 15.2. The van der Waals surface area contributed by atoms with Crippen LogP contribution in [-0.2, 0) is 9.59 Å². The summed E-state index contributed by atoms with van der Waals surface area (Å²) in [5, 5.41) is 11.3. The molecule has 0 radical (unpaired) electrons. The third-order valence-corrected chi connectivity index (χ3v) is 2.84. The summed E-state index contributed by atoms with van der Waals surface area (Å²) < 4.78 is 0.950. The normalized spacial score (nSPS) is 12.1. The molecule has 0 saturated heterocycles. The maximum absolute atomic E-state index is 11.6. The summed E-state index contributed by atoms with van der Waals surface area (Å²) in [4.78, 5) is 22.4. The molecule has 1 rings (SSSR count). The van der Waals surface area contributed by atoms with Crippen LogP contribution in [0.1, 0.15) is 12.0 Å². The van der Waals surface area contributed by atoms with Gasteiger partial charge in [-0.3, -0.25) is 4.79 Å². The van der Waals surface area contributed by atoms with Crippen LogP contribution < -0.4 is 5.32 Å². The Balaban J connectivity index is 2.61. The molecule has 1 amide bonds. The number of carbonyl (C=O) groups excluding carboxylic acids is 1. The molecule has 1 aromatic rings. The van der Waals surface area contributed by atoms with Gasteiger partial charge in [0, 0.05) is 10.5 Å². The van der Waals surface area contributed by atoms with Crippen molar-refractivity contribution in [2.75, 3.05) is 0 Å². The van der Waals surface area contributed by atoms with E-state index in [0.29, 0.717) is 0 Å². The fourth-order valence-electron chi connectivity index (χ4n) is 1.35. The molecular weight excluding hydrogens is 310 g/mol. The van der Waals surface area contributed by atoms with Crippen LogP contribution in [-0.4, -0.2) is 23.0 Å². The van der Waals surface area contributed by atoms with Gasteiger partial charge < -0.3 is 10.4 Å². The van der Waals surface area contributed by atoms with Crippen LogP contribution in [0.15, 0.2) is 47.5 Å². The second-order valence-electron chi connectivity index (χ2n) is 3.81. The van der Waals surface area contributed by atoms with E-state index >= 15 is 0 Å². The third kappa shape index (κ3) is 5.52. The molecule has 4 nitrogen and oxygen atoms in total. The van der Waals surface area contributed by atoms with Gasteiger partial charge in [0.15, 0.2) is 0 Å². The van der Waals surface area contributed by atoms with Crippen molar-refractivity contribution in [3.63, 3.8) is 0 Å². The fourth-order valence-corrected chi connectivity index (χ4v) is 1.62. The van der Waals surface area contributed by atoms with Gasteiger partial charge in [0.2, 0.25) is 5.91 Å². The zero-order valence-electron chi connectivity index (χ0n) is 10.2. The van der Waals surface area contributed by atoms with Crippen molar-refractivity contribution < 1.29 is 14.7 Å². The summed E-state index contributed by atoms with van der Waals surface area (Å²) in [5.74, 6) is -1.53. The highest BCUT2D eigenvalue weighted by Gasteiger charge is 2.16. The van der Waals surface area contributed by atoms with Crippen LogP contribution in [0.5, 0.6) is 0 Å². The molecule has 19 heavy (non-hydrogen) atoms. The minimum Gasteiger partial charge on any atom is -0.480 e. The van der Waals surface area contributed by atoms with Crippen LogP contribution in [0.25, 0.3) is 6.08 Å². The number of aliphatic carboxylic acids is 1. The molecule has 0 aliphatic rings. The molecule has 1 unspecified atom stereocenters. The average molecular weight is 324 g/mol. The molecule has 5 heteroatoms. The van der Waals surface area contributed by atoms with Gasteiger partial charge in [-0.05, 0) is 30.2 Å². The molecule has 1 atom stereocenters. The number of carbonyl (C=O) groups is 2. The van der Waals surface area contributed by atoms with Crippen LogP contribution in [0.2, 0.25) is 0 Å². The number of carboxylic acid groups (broad SMARTS) is 1. The van der Waals surface area contributed by atoms with Gasteiger partial charge in [-0.1, -0.05) is 34.1 Å². The molecular formula is C14H14BrNO3. The van der Waals surface area contributed by atoms with Gasteiger partial charge >= 0.3 is 5.97 Å². The summed E-state index contributed by atoms with van der Waals surface area (Å²) in [7, 11) is 0. The molecule has 100 valence electrons. The van der Waals surface area contributed by atoms with E-state index in [0.717, 1.165) is 10.0 Å². The van der Waals surface area contributed by atoms with E-state index in [1.807, 2.05) is 24.3 Å². The van der Waals surface area contributed by atoms with E-state index in [1.165, 1.54) is 12.2 Å². The van der Waals surface area contributed by atoms with E-state index in [4.69, 9.17) is 5.11 Å². The first-order valence-electron chi connectivity index (χ1n) is 5.60. The van der Waals surface area contributed by atoms with Gasteiger partial charge in [-0.15, -0.1) is 6.58 Å². The molecule has 0 aliphatic heterocycles. The lowest BCUT2D eigenvalue weighted by atomic mass is 10.2. The number of hydrogen-bond acceptors (Lipinski definition) is 2. The zero-order chi connectivity index (χ0) is 14.3. The average Bonchev–Trinajstić information content (AvgIpc) is 2.37. The number of amides is 1. The molecule has 0 aliphatic carbocycles. The molecule has 0 fully saturated rings. The van der Waals surface area contributed by atoms with Crippen molar-refractivity contribution in [1.82, 2.24) is 5.32 Å². The Kier molecular flexibility index (Phi) is 6.02. The van der Waals surface area contributed by atoms with E-state index < -0.39 is 17.9 Å². The number of nitrogens with one attached hydrogen (secondary N) is 1. The lowest BCUT2D eigenvalue weighted by molar-refractivity contribution is -0.141. The lowest BCUT2D eigenvalue weighted by Gasteiger charge is -2.10. The van der Waals surface area contributed by atoms with Crippen LogP contribution in [0.4, 0.5) is 0 Å². The van der Waals surface area contributed by atoms with E-state index in [1.54, 1.807) is 6.08 Å². The summed E-state index contributed by atoms with van der Waals surface area (Å²) in [5.41, 5.74) is 0.856. The predicted octanol–water partition coefficient (Wildman–Crippen LogP) is 2.61. The number of hydrogen-bond donors (Lipinski definition) is 2. The van der Waals surface area contributed by atoms with Crippen LogP contribution >= 0.6 is 15.9 Å². The molecule has 0 bridgehead atoms. The van der Waals surface area contributed by atoms with E-state index in [2.05, 4.69) is 27.8 Å². The number of rotatable bonds is 6. The highest BCUT2D eigenvalue weighted by Crippen LogP contribution is 2.11. The van der Waals surface area contributed by atoms with Crippen molar-refractivity contribution >= 4 is 33.9 Å². The second-order valence-corrected chi connectivity index (χ2v) is 4.72. The van der Waals surface area contributed by atoms with Gasteiger partial charge in [0.25, 0.3) is 0 Å². The highest BCUT2D eigenvalue weighted by molar-refractivity contribution is 9.10. The summed E-state index contributed by atoms with van der Waals surface area (Å²) in [6.07, 6.45) is 4.57. The fraction of sp³-hybridized carbons (Fsp3) is 0.143. The van der Waals surface area contributed by atoms with Crippen LogP contribution in [0.3, 0.4) is 0 Å². The maximum Gasteiger partial charge on any atom is 0.326 e. The van der Waals surface area contributed by atoms with Gasteiger partial charge in [0.1, 0.15) is 6.04 Å². The Bertz CT molecular complexity index is 494. The van der Waals surface area contributed by atoms with Crippen molar-refractivity contribution in [2.45, 2.75) is 12.5 Å². The van der Waals surface area contributed by atoms with Gasteiger partial charge in [0.05, 0.1) is 0 Å². The summed E-state index contributed by atoms with van der Waals surface area (Å²) in [6, 6.07) is 6.45. The van der Waals surface area contributed by atoms with Crippen molar-refractivity contribution in [3.8, 4) is 0 Å². The van der Waals surface area contributed by atoms with Crippen molar-refractivity contribution in [3.05, 3.63) is 53.0 Å². The standard InChI is InChI=1S/C14H14BrNO3/c1-2-3-12(14(18)19)16-13(17)9-6-10-4-7-11(15)8-5-10/h2,4-9,12H,1,3H2,(H,16,17)(H,18,19)/b9-6+. The van der Waals surface area contributed by atoms with Crippen molar-refractivity contribution in [1.29, 1.82) is 0 Å². The molecule has 0 aromatic heterocycles. The Hall–Kier alpha value is -1.88. The van der Waals surface area contributed by atoms with Crippen molar-refractivity contribution in [2.24, 2.45) is 0 Å². The number of halogens is 1. The predicted molar refractivity (Wildman–Crippen MR) is 77.6 cm³/mol. The second kappa shape index (κ2) is 7.53. The minimum atomic E-state index is -1.08. The quantitative estimate of drug-likeness (QED) is 0.624.